The number of nitrogens with zero attached hydrogens (tertiary/aromatic N) is 1. The van der Waals surface area contributed by atoms with Gasteiger partial charge in [-0.15, -0.1) is 0 Å². The van der Waals surface area contributed by atoms with Gasteiger partial charge in [-0.05, 0) is 23.8 Å². The molecule has 0 radical (unpaired) electrons. The van der Waals surface area contributed by atoms with Gasteiger partial charge >= 0.3 is 0 Å². The van der Waals surface area contributed by atoms with E-state index in [-0.39, 0.29) is 5.82 Å². The van der Waals surface area contributed by atoms with Crippen molar-refractivity contribution in [2.75, 3.05) is 5.73 Å². The zero-order chi connectivity index (χ0) is 10.1. The molecule has 0 aliphatic heterocycles. The van der Waals surface area contributed by atoms with Gasteiger partial charge < -0.3 is 10.3 Å². The van der Waals surface area contributed by atoms with Gasteiger partial charge in [-0.25, -0.2) is 4.39 Å². The lowest BCUT2D eigenvalue weighted by Crippen LogP contribution is -1.95. The van der Waals surface area contributed by atoms with Gasteiger partial charge in [0.05, 0.1) is 0 Å². The van der Waals surface area contributed by atoms with Crippen LogP contribution in [0.4, 0.5) is 10.2 Å². The number of hydrogen-bond donors (Lipinski definition) is 1. The van der Waals surface area contributed by atoms with Crippen LogP contribution in [0.3, 0.4) is 0 Å². The number of nitrogens with two attached hydrogens (primary N) is 1. The molecular formula is C11H11FN2. The van der Waals surface area contributed by atoms with E-state index >= 15 is 0 Å². The van der Waals surface area contributed by atoms with Crippen molar-refractivity contribution in [1.82, 2.24) is 4.57 Å². The summed E-state index contributed by atoms with van der Waals surface area (Å²) in [5.41, 5.74) is 7.71. The van der Waals surface area contributed by atoms with Crippen LogP contribution in [0.25, 0.3) is 11.1 Å². The van der Waals surface area contributed by atoms with E-state index in [1.165, 1.54) is 12.1 Å². The average molecular weight is 190 g/mol. The lowest BCUT2D eigenvalue weighted by Gasteiger charge is -2.01. The fraction of sp³-hybridized carbons (Fsp3) is 0.0909. The van der Waals surface area contributed by atoms with Crippen LogP contribution >= 0.6 is 0 Å². The number of nitrogen functional groups attached to an aromatic ring is 1. The Morgan fingerprint density at radius 1 is 1.14 bits per heavy atom. The molecule has 1 aromatic heterocycles. The van der Waals surface area contributed by atoms with E-state index in [9.17, 15) is 4.39 Å². The van der Waals surface area contributed by atoms with Crippen molar-refractivity contribution in [2.24, 2.45) is 7.05 Å². The minimum absolute atomic E-state index is 0.233. The maximum atomic E-state index is 12.7. The smallest absolute Gasteiger partial charge is 0.123 e. The highest BCUT2D eigenvalue weighted by Gasteiger charge is 2.05. The molecule has 2 aromatic rings. The Kier molecular flexibility index (Phi) is 2.00. The molecule has 3 heteroatoms. The van der Waals surface area contributed by atoms with Gasteiger partial charge in [0.25, 0.3) is 0 Å². The van der Waals surface area contributed by atoms with Gasteiger partial charge in [0.1, 0.15) is 11.6 Å². The maximum Gasteiger partial charge on any atom is 0.123 e. The van der Waals surface area contributed by atoms with Crippen molar-refractivity contribution >= 4 is 5.82 Å². The van der Waals surface area contributed by atoms with Crippen LogP contribution in [0, 0.1) is 5.82 Å². The molecule has 2 nitrogen and oxygen atoms in total. The average Bonchev–Trinajstić information content (AvgIpc) is 2.50. The summed E-state index contributed by atoms with van der Waals surface area (Å²) in [4.78, 5) is 0. The lowest BCUT2D eigenvalue weighted by molar-refractivity contribution is 0.628. The summed E-state index contributed by atoms with van der Waals surface area (Å²) in [6.45, 7) is 0. The van der Waals surface area contributed by atoms with Crippen molar-refractivity contribution in [3.63, 3.8) is 0 Å². The van der Waals surface area contributed by atoms with E-state index in [0.29, 0.717) is 5.82 Å². The van der Waals surface area contributed by atoms with Gasteiger partial charge in [0, 0.05) is 18.8 Å². The maximum absolute atomic E-state index is 12.7. The largest absolute Gasteiger partial charge is 0.385 e. The first kappa shape index (κ1) is 8.81. The molecule has 2 rings (SSSR count). The Bertz CT molecular complexity index is 443. The second kappa shape index (κ2) is 3.18. The van der Waals surface area contributed by atoms with Crippen molar-refractivity contribution in [3.8, 4) is 11.1 Å². The molecule has 0 saturated carbocycles. The third-order valence-electron chi connectivity index (χ3n) is 2.28. The quantitative estimate of drug-likeness (QED) is 0.735. The Balaban J connectivity index is 2.49. The molecule has 0 spiro atoms. The molecule has 0 unspecified atom stereocenters. The third kappa shape index (κ3) is 1.37. The lowest BCUT2D eigenvalue weighted by atomic mass is 10.1. The molecule has 14 heavy (non-hydrogen) atoms. The summed E-state index contributed by atoms with van der Waals surface area (Å²) < 4.78 is 14.5. The topological polar surface area (TPSA) is 30.9 Å². The predicted octanol–water partition coefficient (Wildman–Crippen LogP) is 2.41. The summed E-state index contributed by atoms with van der Waals surface area (Å²) >= 11 is 0. The van der Waals surface area contributed by atoms with E-state index in [0.717, 1.165) is 11.1 Å². The molecule has 0 fully saturated rings. The molecule has 0 saturated heterocycles. The van der Waals surface area contributed by atoms with Crippen molar-refractivity contribution < 1.29 is 4.39 Å². The highest BCUT2D eigenvalue weighted by atomic mass is 19.1. The van der Waals surface area contributed by atoms with Crippen LogP contribution in [0.1, 0.15) is 0 Å². The first-order valence-corrected chi connectivity index (χ1v) is 4.35. The fourth-order valence-corrected chi connectivity index (χ4v) is 1.42. The van der Waals surface area contributed by atoms with Gasteiger partial charge in [-0.3, -0.25) is 0 Å². The summed E-state index contributed by atoms with van der Waals surface area (Å²) in [6, 6.07) is 8.23. The molecule has 72 valence electrons. The monoisotopic (exact) mass is 190 g/mol. The molecule has 0 aliphatic carbocycles. The fourth-order valence-electron chi connectivity index (χ4n) is 1.42. The number of aromatic nitrogens is 1. The summed E-state index contributed by atoms with van der Waals surface area (Å²) in [7, 11) is 1.88. The number of anilines is 1. The molecule has 0 aliphatic rings. The molecule has 1 aromatic carbocycles. The Morgan fingerprint density at radius 2 is 1.79 bits per heavy atom. The van der Waals surface area contributed by atoms with E-state index in [1.807, 2.05) is 23.9 Å². The van der Waals surface area contributed by atoms with Crippen LogP contribution in [-0.2, 0) is 7.05 Å². The van der Waals surface area contributed by atoms with Crippen LogP contribution in [0.15, 0.2) is 36.5 Å². The molecule has 2 N–H and O–H groups in total. The van der Waals surface area contributed by atoms with Gasteiger partial charge in [-0.1, -0.05) is 12.1 Å². The first-order valence-electron chi connectivity index (χ1n) is 4.35. The number of aryl methyl sites for hydroxylation is 1. The molecule has 0 bridgehead atoms. The van der Waals surface area contributed by atoms with Gasteiger partial charge in [0.15, 0.2) is 0 Å². The second-order valence-electron chi connectivity index (χ2n) is 3.23. The summed E-state index contributed by atoms with van der Waals surface area (Å²) in [6.07, 6.45) is 1.88. The number of halogens is 1. The predicted molar refractivity (Wildman–Crippen MR) is 55.2 cm³/mol. The van der Waals surface area contributed by atoms with Crippen molar-refractivity contribution in [3.05, 3.63) is 42.3 Å². The standard InChI is InChI=1S/C11H11FN2/c1-14-7-6-10(11(14)13)8-2-4-9(12)5-3-8/h2-7H,13H2,1H3. The normalized spacial score (nSPS) is 10.4. The molecular weight excluding hydrogens is 179 g/mol. The third-order valence-corrected chi connectivity index (χ3v) is 2.28. The second-order valence-corrected chi connectivity index (χ2v) is 3.23. The first-order chi connectivity index (χ1) is 6.68. The van der Waals surface area contributed by atoms with Crippen LogP contribution in [0.2, 0.25) is 0 Å². The van der Waals surface area contributed by atoms with Crippen LogP contribution < -0.4 is 5.73 Å². The van der Waals surface area contributed by atoms with Crippen LogP contribution in [0.5, 0.6) is 0 Å². The highest BCUT2D eigenvalue weighted by molar-refractivity contribution is 5.74. The van der Waals surface area contributed by atoms with Gasteiger partial charge in [0.2, 0.25) is 0 Å². The summed E-state index contributed by atoms with van der Waals surface area (Å²) in [5, 5.41) is 0. The Labute approximate surface area is 81.8 Å². The van der Waals surface area contributed by atoms with E-state index in [1.54, 1.807) is 12.1 Å². The minimum Gasteiger partial charge on any atom is -0.385 e. The molecule has 0 atom stereocenters. The molecule has 0 amide bonds. The minimum atomic E-state index is -0.233. The van der Waals surface area contributed by atoms with E-state index in [4.69, 9.17) is 5.73 Å². The number of rotatable bonds is 1. The van der Waals surface area contributed by atoms with Crippen LogP contribution in [-0.4, -0.2) is 4.57 Å². The van der Waals surface area contributed by atoms with Gasteiger partial charge in [-0.2, -0.15) is 0 Å². The summed E-state index contributed by atoms with van der Waals surface area (Å²) in [5.74, 6) is 0.458. The molecule has 1 heterocycles. The van der Waals surface area contributed by atoms with Crippen molar-refractivity contribution in [1.29, 1.82) is 0 Å². The zero-order valence-corrected chi connectivity index (χ0v) is 7.87. The Hall–Kier alpha value is -1.77. The number of benzene rings is 1. The zero-order valence-electron chi connectivity index (χ0n) is 7.87. The number of hydrogen-bond acceptors (Lipinski definition) is 1. The van der Waals surface area contributed by atoms with E-state index < -0.39 is 0 Å². The van der Waals surface area contributed by atoms with E-state index in [2.05, 4.69) is 0 Å². The Morgan fingerprint density at radius 3 is 2.29 bits per heavy atom. The van der Waals surface area contributed by atoms with Crippen molar-refractivity contribution in [2.45, 2.75) is 0 Å². The SMILES string of the molecule is Cn1ccc(-c2ccc(F)cc2)c1N. The highest BCUT2D eigenvalue weighted by Crippen LogP contribution is 2.26.